The monoisotopic (exact) mass is 303 g/mol. The fourth-order valence-corrected chi connectivity index (χ4v) is 2.47. The highest BCUT2D eigenvalue weighted by molar-refractivity contribution is 9.10. The lowest BCUT2D eigenvalue weighted by atomic mass is 9.96. The van der Waals surface area contributed by atoms with Crippen LogP contribution in [0.15, 0.2) is 46.9 Å². The van der Waals surface area contributed by atoms with Crippen LogP contribution in [0.5, 0.6) is 0 Å². The quantitative estimate of drug-likeness (QED) is 0.887. The van der Waals surface area contributed by atoms with E-state index < -0.39 is 0 Å². The summed E-state index contributed by atoms with van der Waals surface area (Å²) in [5.41, 5.74) is 5.16. The van der Waals surface area contributed by atoms with Crippen LogP contribution in [0.4, 0.5) is 0 Å². The normalized spacial score (nSPS) is 12.4. The summed E-state index contributed by atoms with van der Waals surface area (Å²) < 4.78 is 1.16. The Hall–Kier alpha value is -1.12. The summed E-state index contributed by atoms with van der Waals surface area (Å²) in [4.78, 5) is 0. The Bertz CT molecular complexity index is 549. The van der Waals surface area contributed by atoms with Crippen LogP contribution in [0, 0.1) is 13.8 Å². The molecule has 0 spiro atoms. The Kier molecular flexibility index (Phi) is 4.20. The zero-order valence-corrected chi connectivity index (χ0v) is 12.6. The lowest BCUT2D eigenvalue weighted by molar-refractivity contribution is 0.690. The van der Waals surface area contributed by atoms with Gasteiger partial charge in [0.15, 0.2) is 0 Å². The second-order valence-corrected chi connectivity index (χ2v) is 5.50. The van der Waals surface area contributed by atoms with Gasteiger partial charge in [-0.25, -0.2) is 0 Å². The average molecular weight is 304 g/mol. The molecule has 0 fully saturated rings. The van der Waals surface area contributed by atoms with Crippen molar-refractivity contribution in [2.24, 2.45) is 0 Å². The van der Waals surface area contributed by atoms with Crippen molar-refractivity contribution >= 4 is 15.9 Å². The first-order valence-corrected chi connectivity index (χ1v) is 6.91. The van der Waals surface area contributed by atoms with E-state index in [0.29, 0.717) is 0 Å². The minimum absolute atomic E-state index is 0.247. The van der Waals surface area contributed by atoms with Crippen molar-refractivity contribution in [1.82, 2.24) is 5.32 Å². The van der Waals surface area contributed by atoms with E-state index >= 15 is 0 Å². The zero-order valence-electron chi connectivity index (χ0n) is 11.0. The molecule has 0 amide bonds. The Balaban J connectivity index is 2.42. The van der Waals surface area contributed by atoms with Gasteiger partial charge in [0.05, 0.1) is 6.04 Å². The number of hydrogen-bond donors (Lipinski definition) is 1. The van der Waals surface area contributed by atoms with Crippen molar-refractivity contribution in [1.29, 1.82) is 0 Å². The van der Waals surface area contributed by atoms with E-state index in [1.807, 2.05) is 7.05 Å². The Morgan fingerprint density at radius 1 is 1.00 bits per heavy atom. The molecule has 2 rings (SSSR count). The summed E-state index contributed by atoms with van der Waals surface area (Å²) >= 11 is 3.55. The smallest absolute Gasteiger partial charge is 0.0574 e. The van der Waals surface area contributed by atoms with Crippen molar-refractivity contribution in [3.8, 4) is 0 Å². The van der Waals surface area contributed by atoms with Gasteiger partial charge in [0.2, 0.25) is 0 Å². The highest BCUT2D eigenvalue weighted by Gasteiger charge is 2.12. The molecular formula is C16H18BrN. The molecule has 1 N–H and O–H groups in total. The summed E-state index contributed by atoms with van der Waals surface area (Å²) in [5.74, 6) is 0. The molecule has 0 aliphatic rings. The van der Waals surface area contributed by atoms with Crippen LogP contribution in [0.1, 0.15) is 28.3 Å². The molecule has 1 unspecified atom stereocenters. The highest BCUT2D eigenvalue weighted by Crippen LogP contribution is 2.26. The van der Waals surface area contributed by atoms with Crippen LogP contribution in [0.2, 0.25) is 0 Å². The number of benzene rings is 2. The van der Waals surface area contributed by atoms with Gasteiger partial charge in [0, 0.05) is 4.47 Å². The van der Waals surface area contributed by atoms with Gasteiger partial charge < -0.3 is 5.32 Å². The first kappa shape index (κ1) is 13.3. The zero-order chi connectivity index (χ0) is 13.1. The Labute approximate surface area is 117 Å². The van der Waals surface area contributed by atoms with E-state index in [4.69, 9.17) is 0 Å². The van der Waals surface area contributed by atoms with Gasteiger partial charge in [0.1, 0.15) is 0 Å². The van der Waals surface area contributed by atoms with Crippen LogP contribution >= 0.6 is 15.9 Å². The van der Waals surface area contributed by atoms with Gasteiger partial charge in [-0.2, -0.15) is 0 Å². The van der Waals surface area contributed by atoms with Gasteiger partial charge in [-0.3, -0.25) is 0 Å². The maximum Gasteiger partial charge on any atom is 0.0574 e. The van der Waals surface area contributed by atoms with E-state index in [9.17, 15) is 0 Å². The lowest BCUT2D eigenvalue weighted by Crippen LogP contribution is -2.17. The first-order valence-electron chi connectivity index (χ1n) is 6.11. The summed E-state index contributed by atoms with van der Waals surface area (Å²) in [6, 6.07) is 15.4. The average Bonchev–Trinajstić information content (AvgIpc) is 2.35. The third-order valence-corrected chi connectivity index (χ3v) is 4.07. The Morgan fingerprint density at radius 3 is 2.33 bits per heavy atom. The first-order chi connectivity index (χ1) is 8.61. The second-order valence-electron chi connectivity index (χ2n) is 4.64. The topological polar surface area (TPSA) is 12.0 Å². The van der Waals surface area contributed by atoms with Crippen molar-refractivity contribution in [2.75, 3.05) is 7.05 Å². The highest BCUT2D eigenvalue weighted by atomic mass is 79.9. The van der Waals surface area contributed by atoms with Crippen LogP contribution in [0.25, 0.3) is 0 Å². The van der Waals surface area contributed by atoms with Crippen molar-refractivity contribution in [3.05, 3.63) is 69.2 Å². The number of halogens is 1. The fourth-order valence-electron chi connectivity index (χ4n) is 2.22. The van der Waals surface area contributed by atoms with Crippen LogP contribution < -0.4 is 5.32 Å². The molecule has 0 heterocycles. The number of hydrogen-bond acceptors (Lipinski definition) is 1. The summed E-state index contributed by atoms with van der Waals surface area (Å²) in [6.07, 6.45) is 0. The minimum atomic E-state index is 0.247. The summed E-state index contributed by atoms with van der Waals surface area (Å²) in [6.45, 7) is 4.25. The van der Waals surface area contributed by atoms with E-state index in [1.165, 1.54) is 22.3 Å². The molecule has 18 heavy (non-hydrogen) atoms. The molecule has 0 aliphatic carbocycles. The number of aryl methyl sites for hydroxylation is 2. The van der Waals surface area contributed by atoms with Crippen LogP contribution in [0.3, 0.4) is 0 Å². The number of nitrogens with one attached hydrogen (secondary N) is 1. The summed E-state index contributed by atoms with van der Waals surface area (Å²) in [5, 5.41) is 3.39. The molecular weight excluding hydrogens is 286 g/mol. The molecule has 2 aromatic rings. The fraction of sp³-hybridized carbons (Fsp3) is 0.250. The van der Waals surface area contributed by atoms with Crippen LogP contribution in [-0.4, -0.2) is 7.05 Å². The third-order valence-electron chi connectivity index (χ3n) is 3.18. The van der Waals surface area contributed by atoms with E-state index in [-0.39, 0.29) is 6.04 Å². The molecule has 0 aliphatic heterocycles. The molecule has 0 saturated carbocycles. The van der Waals surface area contributed by atoms with Crippen molar-refractivity contribution in [2.45, 2.75) is 19.9 Å². The summed E-state index contributed by atoms with van der Waals surface area (Å²) in [7, 11) is 2.00. The molecule has 0 radical (unpaired) electrons. The van der Waals surface area contributed by atoms with Gasteiger partial charge in [-0.05, 0) is 43.7 Å². The van der Waals surface area contributed by atoms with E-state index in [0.717, 1.165) is 4.47 Å². The van der Waals surface area contributed by atoms with Crippen molar-refractivity contribution in [3.63, 3.8) is 0 Å². The molecule has 94 valence electrons. The largest absolute Gasteiger partial charge is 0.309 e. The maximum absolute atomic E-state index is 3.55. The van der Waals surface area contributed by atoms with Gasteiger partial charge in [0.25, 0.3) is 0 Å². The molecule has 0 bridgehead atoms. The molecule has 1 atom stereocenters. The van der Waals surface area contributed by atoms with Gasteiger partial charge in [-0.1, -0.05) is 57.9 Å². The molecule has 1 nitrogen and oxygen atoms in total. The van der Waals surface area contributed by atoms with Gasteiger partial charge in [-0.15, -0.1) is 0 Å². The minimum Gasteiger partial charge on any atom is -0.309 e. The van der Waals surface area contributed by atoms with E-state index in [2.05, 4.69) is 77.6 Å². The standard InChI is InChI=1S/C16H18BrN/c1-11-5-4-6-13(9-11)16(18-3)14-7-8-15(17)12(2)10-14/h4-10,16,18H,1-3H3. The number of rotatable bonds is 3. The molecule has 0 saturated heterocycles. The SMILES string of the molecule is CNC(c1cccc(C)c1)c1ccc(Br)c(C)c1. The molecule has 0 aromatic heterocycles. The maximum atomic E-state index is 3.55. The molecule has 2 heteroatoms. The van der Waals surface area contributed by atoms with Gasteiger partial charge >= 0.3 is 0 Å². The van der Waals surface area contributed by atoms with Crippen LogP contribution in [-0.2, 0) is 0 Å². The van der Waals surface area contributed by atoms with Crippen molar-refractivity contribution < 1.29 is 0 Å². The predicted octanol–water partition coefficient (Wildman–Crippen LogP) is 4.37. The Morgan fingerprint density at radius 2 is 1.72 bits per heavy atom. The lowest BCUT2D eigenvalue weighted by Gasteiger charge is -2.18. The predicted molar refractivity (Wildman–Crippen MR) is 81.0 cm³/mol. The van der Waals surface area contributed by atoms with E-state index in [1.54, 1.807) is 0 Å². The third kappa shape index (κ3) is 2.82. The molecule has 2 aromatic carbocycles. The second kappa shape index (κ2) is 5.68.